The zero-order chi connectivity index (χ0) is 13.0. The number of aliphatic hydroxyl groups excluding tert-OH is 1. The van der Waals surface area contributed by atoms with E-state index in [9.17, 15) is 4.79 Å². The molecule has 18 heavy (non-hydrogen) atoms. The van der Waals surface area contributed by atoms with Crippen LogP contribution in [-0.4, -0.2) is 29.8 Å². The summed E-state index contributed by atoms with van der Waals surface area (Å²) in [6.07, 6.45) is 1.95. The molecule has 1 amide bonds. The van der Waals surface area contributed by atoms with E-state index < -0.39 is 0 Å². The Morgan fingerprint density at radius 2 is 2.17 bits per heavy atom. The summed E-state index contributed by atoms with van der Waals surface area (Å²) < 4.78 is 5.42. The van der Waals surface area contributed by atoms with Gasteiger partial charge in [0.2, 0.25) is 5.91 Å². The van der Waals surface area contributed by atoms with Crippen LogP contribution in [0.3, 0.4) is 0 Å². The number of para-hydroxylation sites is 1. The number of amides is 1. The molecule has 98 valence electrons. The maximum absolute atomic E-state index is 11.6. The predicted molar refractivity (Wildman–Crippen MR) is 68.8 cm³/mol. The van der Waals surface area contributed by atoms with Crippen molar-refractivity contribution in [3.05, 3.63) is 29.3 Å². The molecule has 1 aliphatic rings. The highest BCUT2D eigenvalue weighted by Gasteiger charge is 2.43. The van der Waals surface area contributed by atoms with Crippen LogP contribution in [0.15, 0.2) is 24.3 Å². The Labute approximate surface area is 111 Å². The molecule has 5 heteroatoms. The molecule has 0 bridgehead atoms. The first-order valence-electron chi connectivity index (χ1n) is 5.94. The fourth-order valence-electron chi connectivity index (χ4n) is 1.65. The van der Waals surface area contributed by atoms with E-state index in [1.807, 2.05) is 12.1 Å². The molecule has 0 aliphatic heterocycles. The molecule has 2 N–H and O–H groups in total. The number of nitrogens with one attached hydrogen (secondary N) is 1. The molecule has 1 saturated carbocycles. The van der Waals surface area contributed by atoms with E-state index >= 15 is 0 Å². The minimum Gasteiger partial charge on any atom is -0.491 e. The van der Waals surface area contributed by atoms with Crippen molar-refractivity contribution in [2.45, 2.75) is 24.8 Å². The van der Waals surface area contributed by atoms with Crippen molar-refractivity contribution >= 4 is 17.5 Å². The van der Waals surface area contributed by atoms with Gasteiger partial charge in [-0.2, -0.15) is 0 Å². The number of rotatable bonds is 6. The molecule has 0 aromatic heterocycles. The largest absolute Gasteiger partial charge is 0.491 e. The maximum atomic E-state index is 11.6. The normalized spacial score (nSPS) is 16.1. The highest BCUT2D eigenvalue weighted by atomic mass is 35.5. The third-order valence-corrected chi connectivity index (χ3v) is 3.30. The summed E-state index contributed by atoms with van der Waals surface area (Å²) in [4.78, 5) is 11.6. The molecule has 0 atom stereocenters. The average molecular weight is 270 g/mol. The molecule has 0 unspecified atom stereocenters. The average Bonchev–Trinajstić information content (AvgIpc) is 3.12. The Kier molecular flexibility index (Phi) is 4.09. The lowest BCUT2D eigenvalue weighted by Crippen LogP contribution is -2.40. The Balaban J connectivity index is 1.72. The van der Waals surface area contributed by atoms with Gasteiger partial charge in [-0.15, -0.1) is 0 Å². The lowest BCUT2D eigenvalue weighted by atomic mass is 10.2. The van der Waals surface area contributed by atoms with Crippen molar-refractivity contribution in [1.82, 2.24) is 5.32 Å². The molecule has 1 aromatic rings. The number of hydrogen-bond acceptors (Lipinski definition) is 3. The van der Waals surface area contributed by atoms with E-state index in [0.717, 1.165) is 12.8 Å². The van der Waals surface area contributed by atoms with Crippen LogP contribution in [-0.2, 0) is 4.79 Å². The van der Waals surface area contributed by atoms with Gasteiger partial charge in [-0.05, 0) is 25.0 Å². The number of benzene rings is 1. The van der Waals surface area contributed by atoms with Gasteiger partial charge in [0.25, 0.3) is 0 Å². The van der Waals surface area contributed by atoms with E-state index in [2.05, 4.69) is 5.32 Å². The van der Waals surface area contributed by atoms with Crippen molar-refractivity contribution in [3.8, 4) is 5.75 Å². The van der Waals surface area contributed by atoms with Crippen LogP contribution in [0.4, 0.5) is 0 Å². The number of carbonyl (C=O) groups excluding carboxylic acids is 1. The summed E-state index contributed by atoms with van der Waals surface area (Å²) in [5.41, 5.74) is -0.360. The Hall–Kier alpha value is -1.26. The topological polar surface area (TPSA) is 58.6 Å². The number of aliphatic hydroxyl groups is 1. The lowest BCUT2D eigenvalue weighted by Gasteiger charge is -2.14. The molecular weight excluding hydrogens is 254 g/mol. The number of ether oxygens (including phenoxy) is 1. The number of hydrogen-bond donors (Lipinski definition) is 2. The van der Waals surface area contributed by atoms with Gasteiger partial charge in [-0.1, -0.05) is 23.7 Å². The highest BCUT2D eigenvalue weighted by molar-refractivity contribution is 6.32. The molecule has 0 heterocycles. The van der Waals surface area contributed by atoms with Crippen molar-refractivity contribution < 1.29 is 14.6 Å². The SMILES string of the molecule is O=C(CCOc1ccccc1Cl)NC1(CO)CC1. The fraction of sp³-hybridized carbons (Fsp3) is 0.462. The summed E-state index contributed by atoms with van der Waals surface area (Å²) in [6.45, 7) is 0.279. The Morgan fingerprint density at radius 1 is 1.44 bits per heavy atom. The maximum Gasteiger partial charge on any atom is 0.223 e. The van der Waals surface area contributed by atoms with Gasteiger partial charge < -0.3 is 15.2 Å². The van der Waals surface area contributed by atoms with Crippen LogP contribution in [0.5, 0.6) is 5.75 Å². The van der Waals surface area contributed by atoms with Crippen LogP contribution < -0.4 is 10.1 Å². The monoisotopic (exact) mass is 269 g/mol. The van der Waals surface area contributed by atoms with Gasteiger partial charge in [0, 0.05) is 0 Å². The molecule has 0 spiro atoms. The van der Waals surface area contributed by atoms with Crippen LogP contribution in [0.25, 0.3) is 0 Å². The quantitative estimate of drug-likeness (QED) is 0.827. The molecule has 1 aromatic carbocycles. The van der Waals surface area contributed by atoms with Crippen molar-refractivity contribution in [2.24, 2.45) is 0 Å². The van der Waals surface area contributed by atoms with Crippen LogP contribution >= 0.6 is 11.6 Å². The standard InChI is InChI=1S/C13H16ClNO3/c14-10-3-1-2-4-11(10)18-8-5-12(17)15-13(9-16)6-7-13/h1-4,16H,5-9H2,(H,15,17). The van der Waals surface area contributed by atoms with Gasteiger partial charge >= 0.3 is 0 Å². The second kappa shape index (κ2) is 5.59. The molecular formula is C13H16ClNO3. The van der Waals surface area contributed by atoms with Gasteiger partial charge in [0.15, 0.2) is 0 Å². The van der Waals surface area contributed by atoms with Crippen LogP contribution in [0.1, 0.15) is 19.3 Å². The van der Waals surface area contributed by atoms with E-state index in [-0.39, 0.29) is 31.1 Å². The Bertz CT molecular complexity index is 432. The van der Waals surface area contributed by atoms with Gasteiger partial charge in [0.1, 0.15) is 5.75 Å². The number of halogens is 1. The van der Waals surface area contributed by atoms with Gasteiger partial charge in [-0.25, -0.2) is 0 Å². The second-order valence-electron chi connectivity index (χ2n) is 4.52. The summed E-state index contributed by atoms with van der Waals surface area (Å²) >= 11 is 5.92. The predicted octanol–water partition coefficient (Wildman–Crippen LogP) is 1.75. The minimum atomic E-state index is -0.360. The molecule has 1 fully saturated rings. The first-order valence-corrected chi connectivity index (χ1v) is 6.32. The molecule has 2 rings (SSSR count). The molecule has 0 saturated heterocycles. The molecule has 4 nitrogen and oxygen atoms in total. The molecule has 0 radical (unpaired) electrons. The second-order valence-corrected chi connectivity index (χ2v) is 4.92. The fourth-order valence-corrected chi connectivity index (χ4v) is 1.84. The molecule has 1 aliphatic carbocycles. The summed E-state index contributed by atoms with van der Waals surface area (Å²) in [7, 11) is 0. The summed E-state index contributed by atoms with van der Waals surface area (Å²) in [5, 5.41) is 12.4. The zero-order valence-corrected chi connectivity index (χ0v) is 10.7. The zero-order valence-electron chi connectivity index (χ0n) is 9.99. The van der Waals surface area contributed by atoms with Gasteiger partial charge in [0.05, 0.1) is 30.2 Å². The smallest absolute Gasteiger partial charge is 0.223 e. The van der Waals surface area contributed by atoms with E-state index in [0.29, 0.717) is 10.8 Å². The third-order valence-electron chi connectivity index (χ3n) is 2.98. The van der Waals surface area contributed by atoms with Crippen molar-refractivity contribution in [2.75, 3.05) is 13.2 Å². The van der Waals surface area contributed by atoms with Crippen LogP contribution in [0, 0.1) is 0 Å². The van der Waals surface area contributed by atoms with Gasteiger partial charge in [-0.3, -0.25) is 4.79 Å². The van der Waals surface area contributed by atoms with E-state index in [1.165, 1.54) is 0 Å². The minimum absolute atomic E-state index is 0.00408. The Morgan fingerprint density at radius 3 is 2.78 bits per heavy atom. The van der Waals surface area contributed by atoms with Crippen LogP contribution in [0.2, 0.25) is 5.02 Å². The first-order chi connectivity index (χ1) is 8.65. The van der Waals surface area contributed by atoms with E-state index in [4.69, 9.17) is 21.4 Å². The van der Waals surface area contributed by atoms with Crippen molar-refractivity contribution in [1.29, 1.82) is 0 Å². The highest BCUT2D eigenvalue weighted by Crippen LogP contribution is 2.34. The van der Waals surface area contributed by atoms with Crippen molar-refractivity contribution in [3.63, 3.8) is 0 Å². The third kappa shape index (κ3) is 3.37. The summed E-state index contributed by atoms with van der Waals surface area (Å²) in [5.74, 6) is 0.476. The lowest BCUT2D eigenvalue weighted by molar-refractivity contribution is -0.122. The number of carbonyl (C=O) groups is 1. The van der Waals surface area contributed by atoms with E-state index in [1.54, 1.807) is 12.1 Å². The first kappa shape index (κ1) is 13.2. The summed E-state index contributed by atoms with van der Waals surface area (Å²) in [6, 6.07) is 7.14.